The van der Waals surface area contributed by atoms with Gasteiger partial charge in [-0.05, 0) is 6.42 Å². The number of carbonyl (C=O) groups excluding carboxylic acids is 1. The maximum absolute atomic E-state index is 10.6. The zero-order chi connectivity index (χ0) is 7.98. The zero-order valence-electron chi connectivity index (χ0n) is 5.89. The second kappa shape index (κ2) is 4.78. The van der Waals surface area contributed by atoms with Crippen LogP contribution in [0, 0.1) is 0 Å². The van der Waals surface area contributed by atoms with Crippen LogP contribution in [-0.4, -0.2) is 23.5 Å². The molecule has 0 aliphatic heterocycles. The highest BCUT2D eigenvalue weighted by Gasteiger charge is 2.00. The summed E-state index contributed by atoms with van der Waals surface area (Å²) in [6.45, 7) is 1.58. The first-order valence-electron chi connectivity index (χ1n) is 3.15. The molecule has 0 spiro atoms. The van der Waals surface area contributed by atoms with Gasteiger partial charge < -0.3 is 10.4 Å². The summed E-state index contributed by atoms with van der Waals surface area (Å²) < 4.78 is 0. The molecule has 0 heterocycles. The van der Waals surface area contributed by atoms with E-state index in [9.17, 15) is 9.59 Å². The lowest BCUT2D eigenvalue weighted by Crippen LogP contribution is -2.28. The Bertz CT molecular complexity index is 133. The van der Waals surface area contributed by atoms with Gasteiger partial charge >= 0.3 is 5.97 Å². The monoisotopic (exact) mass is 145 g/mol. The summed E-state index contributed by atoms with van der Waals surface area (Å²) in [5, 5.41) is 10.4. The molecule has 0 aliphatic rings. The molecule has 0 atom stereocenters. The van der Waals surface area contributed by atoms with E-state index in [1.807, 2.05) is 6.92 Å². The molecule has 0 saturated carbocycles. The van der Waals surface area contributed by atoms with Crippen molar-refractivity contribution in [3.05, 3.63) is 0 Å². The van der Waals surface area contributed by atoms with Gasteiger partial charge in [-0.2, -0.15) is 0 Å². The van der Waals surface area contributed by atoms with Gasteiger partial charge in [0.25, 0.3) is 0 Å². The first-order valence-corrected chi connectivity index (χ1v) is 3.15. The summed E-state index contributed by atoms with van der Waals surface area (Å²) in [6.07, 6.45) is 1.14. The molecule has 0 aliphatic carbocycles. The molecule has 0 aromatic rings. The summed E-state index contributed by atoms with van der Waals surface area (Å²) in [7, 11) is 0. The van der Waals surface area contributed by atoms with Crippen LogP contribution in [0.25, 0.3) is 0 Å². The fourth-order valence-corrected chi connectivity index (χ4v) is 0.490. The van der Waals surface area contributed by atoms with Crippen molar-refractivity contribution in [2.45, 2.75) is 19.8 Å². The van der Waals surface area contributed by atoms with E-state index in [1.54, 1.807) is 0 Å². The van der Waals surface area contributed by atoms with Gasteiger partial charge in [0.2, 0.25) is 5.91 Å². The van der Waals surface area contributed by atoms with Gasteiger partial charge in [0.05, 0.1) is 0 Å². The van der Waals surface area contributed by atoms with Crippen molar-refractivity contribution >= 4 is 11.9 Å². The van der Waals surface area contributed by atoms with Crippen LogP contribution in [0.2, 0.25) is 0 Å². The van der Waals surface area contributed by atoms with Gasteiger partial charge in [0, 0.05) is 6.42 Å². The summed E-state index contributed by atoms with van der Waals surface area (Å²) in [4.78, 5) is 20.5. The molecule has 0 aromatic carbocycles. The van der Waals surface area contributed by atoms with Gasteiger partial charge in [-0.15, -0.1) is 0 Å². The van der Waals surface area contributed by atoms with Crippen molar-refractivity contribution < 1.29 is 14.7 Å². The molecule has 4 nitrogen and oxygen atoms in total. The quantitative estimate of drug-likeness (QED) is 0.584. The Balaban J connectivity index is 3.30. The summed E-state index contributed by atoms with van der Waals surface area (Å²) in [5.74, 6) is -1.21. The van der Waals surface area contributed by atoms with Crippen LogP contribution in [0.1, 0.15) is 19.8 Å². The Kier molecular flexibility index (Phi) is 4.28. The van der Waals surface area contributed by atoms with Crippen LogP contribution in [0.15, 0.2) is 0 Å². The number of carbonyl (C=O) groups is 2. The Morgan fingerprint density at radius 2 is 2.10 bits per heavy atom. The molecule has 2 N–H and O–H groups in total. The van der Waals surface area contributed by atoms with Crippen LogP contribution in [-0.2, 0) is 9.59 Å². The van der Waals surface area contributed by atoms with Crippen LogP contribution in [0.3, 0.4) is 0 Å². The molecular formula is C6H11NO3. The van der Waals surface area contributed by atoms with E-state index >= 15 is 0 Å². The van der Waals surface area contributed by atoms with Crippen LogP contribution in [0.5, 0.6) is 0 Å². The van der Waals surface area contributed by atoms with Gasteiger partial charge in [-0.25, -0.2) is 0 Å². The van der Waals surface area contributed by atoms with Gasteiger partial charge in [-0.1, -0.05) is 6.92 Å². The van der Waals surface area contributed by atoms with Crippen molar-refractivity contribution in [3.63, 3.8) is 0 Å². The van der Waals surface area contributed by atoms with E-state index in [4.69, 9.17) is 5.11 Å². The average Bonchev–Trinajstić information content (AvgIpc) is 1.85. The highest BCUT2D eigenvalue weighted by molar-refractivity contribution is 5.80. The molecule has 1 amide bonds. The molecule has 0 radical (unpaired) electrons. The number of hydrogen-bond acceptors (Lipinski definition) is 2. The molecule has 0 fully saturated rings. The van der Waals surface area contributed by atoms with E-state index in [0.29, 0.717) is 6.42 Å². The second-order valence-corrected chi connectivity index (χ2v) is 1.92. The highest BCUT2D eigenvalue weighted by Crippen LogP contribution is 1.83. The third-order valence-corrected chi connectivity index (χ3v) is 0.914. The molecule has 0 aromatic heterocycles. The lowest BCUT2D eigenvalue weighted by atomic mass is 10.3. The van der Waals surface area contributed by atoms with E-state index in [2.05, 4.69) is 5.32 Å². The fraction of sp³-hybridized carbons (Fsp3) is 0.667. The summed E-state index contributed by atoms with van der Waals surface area (Å²) in [6, 6.07) is 0. The topological polar surface area (TPSA) is 66.4 Å². The molecule has 0 rings (SSSR count). The van der Waals surface area contributed by atoms with Crippen molar-refractivity contribution in [2.75, 3.05) is 6.54 Å². The lowest BCUT2D eigenvalue weighted by molar-refractivity contribution is -0.137. The maximum atomic E-state index is 10.6. The predicted molar refractivity (Wildman–Crippen MR) is 35.6 cm³/mol. The zero-order valence-corrected chi connectivity index (χ0v) is 5.89. The number of carboxylic acid groups (broad SMARTS) is 1. The minimum atomic E-state index is -1.01. The fourth-order valence-electron chi connectivity index (χ4n) is 0.490. The van der Waals surface area contributed by atoms with E-state index < -0.39 is 5.97 Å². The van der Waals surface area contributed by atoms with Crippen LogP contribution >= 0.6 is 0 Å². The largest absolute Gasteiger partial charge is 0.480 e. The standard InChI is InChI=1S/C6H11NO3/c1-2-3-5(8)7-4-6(9)10/h2-4H2,1H3,(H,7,8)(H,9,10). The van der Waals surface area contributed by atoms with Crippen molar-refractivity contribution in [2.24, 2.45) is 0 Å². The van der Waals surface area contributed by atoms with E-state index in [1.165, 1.54) is 0 Å². The van der Waals surface area contributed by atoms with E-state index in [0.717, 1.165) is 6.42 Å². The highest BCUT2D eigenvalue weighted by atomic mass is 16.4. The number of nitrogens with one attached hydrogen (secondary N) is 1. The van der Waals surface area contributed by atoms with Crippen molar-refractivity contribution in [1.82, 2.24) is 5.32 Å². The first kappa shape index (κ1) is 8.94. The number of rotatable bonds is 4. The minimum absolute atomic E-state index is 0.204. The maximum Gasteiger partial charge on any atom is 0.322 e. The minimum Gasteiger partial charge on any atom is -0.480 e. The van der Waals surface area contributed by atoms with Crippen LogP contribution < -0.4 is 5.32 Å². The van der Waals surface area contributed by atoms with Crippen LogP contribution in [0.4, 0.5) is 0 Å². The SMILES string of the molecule is CCCC(=O)NCC(=O)O. The third kappa shape index (κ3) is 5.08. The molecule has 0 bridgehead atoms. The third-order valence-electron chi connectivity index (χ3n) is 0.914. The molecule has 58 valence electrons. The number of hydrogen-bond donors (Lipinski definition) is 2. The van der Waals surface area contributed by atoms with Gasteiger partial charge in [0.1, 0.15) is 6.54 Å². The summed E-state index contributed by atoms with van der Waals surface area (Å²) in [5.41, 5.74) is 0. The Labute approximate surface area is 59.2 Å². The molecule has 10 heavy (non-hydrogen) atoms. The summed E-state index contributed by atoms with van der Waals surface area (Å²) >= 11 is 0. The van der Waals surface area contributed by atoms with Gasteiger partial charge in [0.15, 0.2) is 0 Å². The Morgan fingerprint density at radius 1 is 1.50 bits per heavy atom. The Hall–Kier alpha value is -1.06. The normalized spacial score (nSPS) is 8.90. The second-order valence-electron chi connectivity index (χ2n) is 1.92. The van der Waals surface area contributed by atoms with Gasteiger partial charge in [-0.3, -0.25) is 9.59 Å². The molecule has 0 saturated heterocycles. The molecule has 4 heteroatoms. The smallest absolute Gasteiger partial charge is 0.322 e. The Morgan fingerprint density at radius 3 is 2.50 bits per heavy atom. The molecule has 0 unspecified atom stereocenters. The van der Waals surface area contributed by atoms with Crippen molar-refractivity contribution in [1.29, 1.82) is 0 Å². The predicted octanol–water partition coefficient (Wildman–Crippen LogP) is -0.0127. The van der Waals surface area contributed by atoms with Crippen molar-refractivity contribution in [3.8, 4) is 0 Å². The van der Waals surface area contributed by atoms with E-state index in [-0.39, 0.29) is 12.5 Å². The first-order chi connectivity index (χ1) is 4.66. The molecular weight excluding hydrogens is 134 g/mol. The number of aliphatic carboxylic acids is 1. The lowest BCUT2D eigenvalue weighted by Gasteiger charge is -1.97. The average molecular weight is 145 g/mol. The number of amides is 1. The number of carboxylic acids is 1.